The van der Waals surface area contributed by atoms with Crippen LogP contribution in [0.3, 0.4) is 0 Å². The fraction of sp³-hybridized carbons (Fsp3) is 0.750. The van der Waals surface area contributed by atoms with Gasteiger partial charge in [-0.1, -0.05) is 0 Å². The number of nitriles is 1. The van der Waals surface area contributed by atoms with Gasteiger partial charge in [0, 0.05) is 0 Å². The van der Waals surface area contributed by atoms with Crippen molar-refractivity contribution < 1.29 is 10.2 Å². The summed E-state index contributed by atoms with van der Waals surface area (Å²) in [6, 6.07) is 1.44. The average Bonchev–Trinajstić information content (AvgIpc) is 1.84. The zero-order valence-corrected chi connectivity index (χ0v) is 4.84. The predicted octanol–water partition coefficient (Wildman–Crippen LogP) is -0.529. The minimum absolute atomic E-state index is 0.116. The van der Waals surface area contributed by atoms with Crippen LogP contribution in [0.5, 0.6) is 0 Å². The Morgan fingerprint density at radius 2 is 2.12 bits per heavy atom. The molecule has 0 aliphatic heterocycles. The standard InChI is InChI=1S/C4H6ClNO2/c5-1-3(7)4(8)2-6/h3-4,7-8H,1H2/t3-,4-/m1/s1. The fourth-order valence-corrected chi connectivity index (χ4v) is 0.339. The molecule has 3 nitrogen and oxygen atoms in total. The van der Waals surface area contributed by atoms with Crippen molar-refractivity contribution in [3.8, 4) is 6.07 Å². The maximum Gasteiger partial charge on any atom is 0.167 e. The van der Waals surface area contributed by atoms with Crippen molar-refractivity contribution in [3.05, 3.63) is 0 Å². The third-order valence-corrected chi connectivity index (χ3v) is 0.971. The molecule has 2 atom stereocenters. The number of alkyl halides is 1. The lowest BCUT2D eigenvalue weighted by atomic mass is 10.2. The van der Waals surface area contributed by atoms with Crippen LogP contribution < -0.4 is 0 Å². The number of nitrogens with zero attached hydrogens (tertiary/aromatic N) is 1. The first-order chi connectivity index (χ1) is 3.72. The molecule has 0 aromatic carbocycles. The molecule has 0 amide bonds. The minimum Gasteiger partial charge on any atom is -0.388 e. The SMILES string of the molecule is N#C[C@@H](O)[C@H](O)CCl. The third-order valence-electron chi connectivity index (χ3n) is 0.655. The molecule has 2 N–H and O–H groups in total. The molecular weight excluding hydrogens is 130 g/mol. The molecule has 0 radical (unpaired) electrons. The largest absolute Gasteiger partial charge is 0.388 e. The Hall–Kier alpha value is -0.300. The molecule has 0 aliphatic rings. The van der Waals surface area contributed by atoms with Crippen LogP contribution >= 0.6 is 11.6 Å². The van der Waals surface area contributed by atoms with Gasteiger partial charge in [0.2, 0.25) is 0 Å². The second kappa shape index (κ2) is 3.67. The quantitative estimate of drug-likeness (QED) is 0.395. The number of rotatable bonds is 2. The zero-order valence-electron chi connectivity index (χ0n) is 4.08. The van der Waals surface area contributed by atoms with Crippen LogP contribution in [-0.4, -0.2) is 28.3 Å². The van der Waals surface area contributed by atoms with Gasteiger partial charge in [-0.05, 0) is 0 Å². The molecule has 0 aliphatic carbocycles. The predicted molar refractivity (Wildman–Crippen MR) is 28.3 cm³/mol. The van der Waals surface area contributed by atoms with E-state index in [0.717, 1.165) is 0 Å². The molecule has 0 saturated carbocycles. The Labute approximate surface area is 52.1 Å². The number of aliphatic hydroxyl groups excluding tert-OH is 2. The molecule has 4 heteroatoms. The fourth-order valence-electron chi connectivity index (χ4n) is 0.170. The highest BCUT2D eigenvalue weighted by Crippen LogP contribution is 1.92. The Morgan fingerprint density at radius 3 is 2.25 bits per heavy atom. The Morgan fingerprint density at radius 1 is 1.62 bits per heavy atom. The van der Waals surface area contributed by atoms with E-state index >= 15 is 0 Å². The van der Waals surface area contributed by atoms with E-state index in [-0.39, 0.29) is 5.88 Å². The Bertz CT molecular complexity index is 101. The van der Waals surface area contributed by atoms with E-state index in [1.165, 1.54) is 6.07 Å². The van der Waals surface area contributed by atoms with Crippen molar-refractivity contribution in [1.82, 2.24) is 0 Å². The lowest BCUT2D eigenvalue weighted by Gasteiger charge is -2.04. The van der Waals surface area contributed by atoms with Crippen molar-refractivity contribution in [2.75, 3.05) is 5.88 Å². The van der Waals surface area contributed by atoms with Crippen LogP contribution in [0.1, 0.15) is 0 Å². The summed E-state index contributed by atoms with van der Waals surface area (Å²) in [6.07, 6.45) is -2.48. The van der Waals surface area contributed by atoms with Gasteiger partial charge < -0.3 is 10.2 Å². The normalized spacial score (nSPS) is 16.8. The summed E-state index contributed by atoms with van der Waals surface area (Å²) in [7, 11) is 0. The molecule has 0 aromatic heterocycles. The molecule has 0 unspecified atom stereocenters. The monoisotopic (exact) mass is 135 g/mol. The van der Waals surface area contributed by atoms with Gasteiger partial charge in [-0.15, -0.1) is 11.6 Å². The minimum atomic E-state index is -1.35. The van der Waals surface area contributed by atoms with Gasteiger partial charge in [0.05, 0.1) is 11.9 Å². The van der Waals surface area contributed by atoms with E-state index in [0.29, 0.717) is 0 Å². The van der Waals surface area contributed by atoms with E-state index in [9.17, 15) is 0 Å². The molecule has 46 valence electrons. The maximum atomic E-state index is 8.52. The summed E-state index contributed by atoms with van der Waals surface area (Å²) in [5, 5.41) is 24.9. The van der Waals surface area contributed by atoms with E-state index in [2.05, 4.69) is 0 Å². The summed E-state index contributed by atoms with van der Waals surface area (Å²) in [6.45, 7) is 0. The second-order valence-corrected chi connectivity index (χ2v) is 1.60. The average molecular weight is 136 g/mol. The maximum absolute atomic E-state index is 8.52. The first-order valence-corrected chi connectivity index (χ1v) is 2.57. The van der Waals surface area contributed by atoms with Crippen molar-refractivity contribution >= 4 is 11.6 Å². The van der Waals surface area contributed by atoms with Crippen LogP contribution in [0.15, 0.2) is 0 Å². The van der Waals surface area contributed by atoms with Gasteiger partial charge in [0.25, 0.3) is 0 Å². The number of aliphatic hydroxyl groups is 2. The van der Waals surface area contributed by atoms with Gasteiger partial charge in [-0.25, -0.2) is 0 Å². The van der Waals surface area contributed by atoms with Crippen LogP contribution in [-0.2, 0) is 0 Å². The van der Waals surface area contributed by atoms with Crippen molar-refractivity contribution in [1.29, 1.82) is 5.26 Å². The summed E-state index contributed by atoms with van der Waals surface area (Å²) in [5.41, 5.74) is 0. The van der Waals surface area contributed by atoms with E-state index < -0.39 is 12.2 Å². The van der Waals surface area contributed by atoms with E-state index in [1.54, 1.807) is 0 Å². The molecule has 0 saturated heterocycles. The van der Waals surface area contributed by atoms with Crippen molar-refractivity contribution in [3.63, 3.8) is 0 Å². The topological polar surface area (TPSA) is 64.2 Å². The van der Waals surface area contributed by atoms with Crippen LogP contribution in [0.25, 0.3) is 0 Å². The lowest BCUT2D eigenvalue weighted by molar-refractivity contribution is 0.0688. The third kappa shape index (κ3) is 2.12. The van der Waals surface area contributed by atoms with Crippen LogP contribution in [0.2, 0.25) is 0 Å². The van der Waals surface area contributed by atoms with Gasteiger partial charge in [0.1, 0.15) is 6.10 Å². The smallest absolute Gasteiger partial charge is 0.167 e. The molecule has 0 aromatic rings. The number of hydrogen-bond acceptors (Lipinski definition) is 3. The Kier molecular flexibility index (Phi) is 3.53. The van der Waals surface area contributed by atoms with Crippen LogP contribution in [0, 0.1) is 11.3 Å². The van der Waals surface area contributed by atoms with Crippen molar-refractivity contribution in [2.45, 2.75) is 12.2 Å². The van der Waals surface area contributed by atoms with Gasteiger partial charge in [0.15, 0.2) is 6.10 Å². The molecular formula is C4H6ClNO2. The number of halogens is 1. The van der Waals surface area contributed by atoms with Gasteiger partial charge in [-0.3, -0.25) is 0 Å². The summed E-state index contributed by atoms with van der Waals surface area (Å²) in [5.74, 6) is -0.116. The summed E-state index contributed by atoms with van der Waals surface area (Å²) in [4.78, 5) is 0. The molecule has 0 heterocycles. The Balaban J connectivity index is 3.49. The first kappa shape index (κ1) is 7.70. The molecule has 0 rings (SSSR count). The lowest BCUT2D eigenvalue weighted by Crippen LogP contribution is -2.25. The molecule has 0 fully saturated rings. The molecule has 0 bridgehead atoms. The highest BCUT2D eigenvalue weighted by atomic mass is 35.5. The summed E-state index contributed by atoms with van der Waals surface area (Å²) < 4.78 is 0. The van der Waals surface area contributed by atoms with Gasteiger partial charge in [-0.2, -0.15) is 5.26 Å². The van der Waals surface area contributed by atoms with E-state index in [4.69, 9.17) is 27.1 Å². The second-order valence-electron chi connectivity index (χ2n) is 1.30. The van der Waals surface area contributed by atoms with E-state index in [1.807, 2.05) is 0 Å². The summed E-state index contributed by atoms with van der Waals surface area (Å²) >= 11 is 5.06. The van der Waals surface area contributed by atoms with Crippen molar-refractivity contribution in [2.24, 2.45) is 0 Å². The molecule has 0 spiro atoms. The first-order valence-electron chi connectivity index (χ1n) is 2.04. The van der Waals surface area contributed by atoms with Gasteiger partial charge >= 0.3 is 0 Å². The highest BCUT2D eigenvalue weighted by Gasteiger charge is 2.12. The number of hydrogen-bond donors (Lipinski definition) is 2. The molecule has 8 heavy (non-hydrogen) atoms. The highest BCUT2D eigenvalue weighted by molar-refractivity contribution is 6.18. The van der Waals surface area contributed by atoms with Crippen LogP contribution in [0.4, 0.5) is 0 Å². The zero-order chi connectivity index (χ0) is 6.57.